The Kier molecular flexibility index (Phi) is 9.57. The number of rotatable bonds is 9. The third kappa shape index (κ3) is 7.17. The number of hydrogen-bond donors (Lipinski definition) is 0. The van der Waals surface area contributed by atoms with E-state index in [4.69, 9.17) is 0 Å². The van der Waals surface area contributed by atoms with Crippen LogP contribution in [0.1, 0.15) is 62.9 Å². The minimum atomic E-state index is 1.07. The molecular formula is C47H41N. The average Bonchev–Trinajstić information content (AvgIpc) is 3.15. The molecule has 1 heteroatoms. The smallest absolute Gasteiger partial charge is 0.0491 e. The van der Waals surface area contributed by atoms with Crippen LogP contribution in [0.15, 0.2) is 158 Å². The molecule has 0 bridgehead atoms. The predicted octanol–water partition coefficient (Wildman–Crippen LogP) is 12.4. The monoisotopic (exact) mass is 619 g/mol. The second kappa shape index (κ2) is 14.8. The van der Waals surface area contributed by atoms with Crippen LogP contribution in [-0.2, 0) is 12.8 Å². The van der Waals surface area contributed by atoms with Crippen molar-refractivity contribution in [1.29, 1.82) is 0 Å². The summed E-state index contributed by atoms with van der Waals surface area (Å²) in [5, 5.41) is 0. The summed E-state index contributed by atoms with van der Waals surface area (Å²) in [5.74, 6) is 0. The highest BCUT2D eigenvalue weighted by Gasteiger charge is 2.22. The molecule has 0 aromatic heterocycles. The lowest BCUT2D eigenvalue weighted by Gasteiger charge is -2.31. The van der Waals surface area contributed by atoms with E-state index in [1.807, 2.05) is 0 Å². The van der Waals surface area contributed by atoms with E-state index >= 15 is 0 Å². The zero-order valence-corrected chi connectivity index (χ0v) is 27.6. The van der Waals surface area contributed by atoms with Crippen LogP contribution in [0.4, 0.5) is 11.4 Å². The van der Waals surface area contributed by atoms with Gasteiger partial charge in [0.2, 0.25) is 0 Å². The minimum absolute atomic E-state index is 1.07. The van der Waals surface area contributed by atoms with E-state index in [0.717, 1.165) is 12.8 Å². The summed E-state index contributed by atoms with van der Waals surface area (Å²) >= 11 is 0. The van der Waals surface area contributed by atoms with Gasteiger partial charge in [0.15, 0.2) is 0 Å². The first kappa shape index (κ1) is 31.0. The van der Waals surface area contributed by atoms with Crippen molar-refractivity contribution in [2.24, 2.45) is 0 Å². The summed E-state index contributed by atoms with van der Waals surface area (Å²) in [6.07, 6.45) is 15.9. The van der Waals surface area contributed by atoms with E-state index in [-0.39, 0.29) is 0 Å². The molecule has 0 aliphatic heterocycles. The molecule has 0 unspecified atom stereocenters. The van der Waals surface area contributed by atoms with Crippen molar-refractivity contribution < 1.29 is 0 Å². The van der Waals surface area contributed by atoms with Gasteiger partial charge in [0.1, 0.15) is 0 Å². The second-order valence-electron chi connectivity index (χ2n) is 12.5. The molecular weight excluding hydrogens is 579 g/mol. The highest BCUT2D eigenvalue weighted by atomic mass is 15.1. The average molecular weight is 620 g/mol. The zero-order chi connectivity index (χ0) is 32.5. The van der Waals surface area contributed by atoms with Crippen LogP contribution in [0.25, 0.3) is 29.9 Å². The second-order valence-corrected chi connectivity index (χ2v) is 12.5. The van der Waals surface area contributed by atoms with Gasteiger partial charge < -0.3 is 4.90 Å². The molecule has 0 saturated carbocycles. The van der Waals surface area contributed by atoms with Gasteiger partial charge >= 0.3 is 0 Å². The molecule has 7 rings (SSSR count). The van der Waals surface area contributed by atoms with Crippen molar-refractivity contribution in [3.8, 4) is 0 Å². The summed E-state index contributed by atoms with van der Waals surface area (Å²) in [6.45, 7) is 2.24. The molecule has 1 aliphatic rings. The first-order chi connectivity index (χ1) is 23.7. The highest BCUT2D eigenvalue weighted by Crippen LogP contribution is 2.40. The third-order valence-corrected chi connectivity index (χ3v) is 9.24. The Morgan fingerprint density at radius 3 is 1.56 bits per heavy atom. The minimum Gasteiger partial charge on any atom is -0.316 e. The van der Waals surface area contributed by atoms with E-state index in [9.17, 15) is 0 Å². The molecule has 0 saturated heterocycles. The number of nitrogens with zero attached hydrogens (tertiary/aromatic N) is 1. The van der Waals surface area contributed by atoms with Crippen LogP contribution in [0.2, 0.25) is 0 Å². The maximum absolute atomic E-state index is 2.46. The van der Waals surface area contributed by atoms with Gasteiger partial charge in [-0.3, -0.25) is 0 Å². The predicted molar refractivity (Wildman–Crippen MR) is 207 cm³/mol. The van der Waals surface area contributed by atoms with E-state index in [0.29, 0.717) is 0 Å². The summed E-state index contributed by atoms with van der Waals surface area (Å²) in [7, 11) is 0. The van der Waals surface area contributed by atoms with Crippen molar-refractivity contribution >= 4 is 41.3 Å². The third-order valence-electron chi connectivity index (χ3n) is 9.24. The maximum atomic E-state index is 2.46. The van der Waals surface area contributed by atoms with E-state index in [1.165, 1.54) is 79.9 Å². The molecule has 1 aliphatic carbocycles. The van der Waals surface area contributed by atoms with E-state index in [2.05, 4.69) is 194 Å². The molecule has 0 fully saturated rings. The fourth-order valence-electron chi connectivity index (χ4n) is 6.77. The summed E-state index contributed by atoms with van der Waals surface area (Å²) in [5.41, 5.74) is 15.2. The molecule has 1 nitrogen and oxygen atoms in total. The topological polar surface area (TPSA) is 3.24 Å². The van der Waals surface area contributed by atoms with Crippen molar-refractivity contribution in [3.63, 3.8) is 0 Å². The van der Waals surface area contributed by atoms with E-state index < -0.39 is 0 Å². The van der Waals surface area contributed by atoms with Crippen LogP contribution >= 0.6 is 0 Å². The highest BCUT2D eigenvalue weighted by molar-refractivity contribution is 5.86. The Balaban J connectivity index is 1.38. The van der Waals surface area contributed by atoms with Gasteiger partial charge in [0, 0.05) is 23.1 Å². The quantitative estimate of drug-likeness (QED) is 0.146. The fraction of sp³-hybridized carbons (Fsp3) is 0.106. The van der Waals surface area contributed by atoms with Gasteiger partial charge in [-0.2, -0.15) is 0 Å². The maximum Gasteiger partial charge on any atom is 0.0491 e. The van der Waals surface area contributed by atoms with Crippen LogP contribution in [0, 0.1) is 6.92 Å². The largest absolute Gasteiger partial charge is 0.316 e. The number of benzene rings is 6. The van der Waals surface area contributed by atoms with Crippen molar-refractivity contribution in [1.82, 2.24) is 0 Å². The number of hydrogen-bond acceptors (Lipinski definition) is 1. The first-order valence-corrected chi connectivity index (χ1v) is 17.1. The molecule has 0 N–H and O–H groups in total. The van der Waals surface area contributed by atoms with Gasteiger partial charge in [0.05, 0.1) is 0 Å². The molecule has 6 aromatic rings. The number of aryl methyl sites for hydroxylation is 1. The lowest BCUT2D eigenvalue weighted by molar-refractivity contribution is 0.684. The Bertz CT molecular complexity index is 2010. The molecule has 0 radical (unpaired) electrons. The Labute approximate surface area is 285 Å². The lowest BCUT2D eigenvalue weighted by Crippen LogP contribution is -2.17. The first-order valence-electron chi connectivity index (χ1n) is 17.1. The van der Waals surface area contributed by atoms with Crippen molar-refractivity contribution in [2.45, 2.75) is 32.6 Å². The molecule has 6 aromatic carbocycles. The van der Waals surface area contributed by atoms with Gasteiger partial charge in [-0.25, -0.2) is 0 Å². The van der Waals surface area contributed by atoms with E-state index in [1.54, 1.807) is 0 Å². The Morgan fingerprint density at radius 1 is 0.479 bits per heavy atom. The van der Waals surface area contributed by atoms with Crippen molar-refractivity contribution in [2.75, 3.05) is 4.90 Å². The summed E-state index contributed by atoms with van der Waals surface area (Å²) < 4.78 is 0. The normalized spacial score (nSPS) is 12.6. The van der Waals surface area contributed by atoms with Crippen LogP contribution in [0.3, 0.4) is 0 Å². The molecule has 48 heavy (non-hydrogen) atoms. The standard InChI is InChI=1S/C47H41N/c1-36-34-39(27-26-37-16-6-2-7-17-37)29-32-46(36)48(35-45(40-20-10-4-11-21-40)41-22-12-5-13-23-41)47-33-31-42(43-24-14-15-25-44(43)47)30-28-38-18-8-3-9-19-38/h2-13,16-23,26-35H,14-15,24-25H2,1H3. The van der Waals surface area contributed by atoms with Gasteiger partial charge in [0.25, 0.3) is 0 Å². The fourth-order valence-corrected chi connectivity index (χ4v) is 6.77. The van der Waals surface area contributed by atoms with Crippen molar-refractivity contribution in [3.05, 3.63) is 208 Å². The van der Waals surface area contributed by atoms with Gasteiger partial charge in [-0.15, -0.1) is 0 Å². The molecule has 0 atom stereocenters. The zero-order valence-electron chi connectivity index (χ0n) is 27.6. The molecule has 0 spiro atoms. The van der Waals surface area contributed by atoms with Gasteiger partial charge in [-0.1, -0.05) is 158 Å². The van der Waals surface area contributed by atoms with Crippen LogP contribution in [-0.4, -0.2) is 0 Å². The molecule has 0 heterocycles. The number of anilines is 2. The Morgan fingerprint density at radius 2 is 0.979 bits per heavy atom. The summed E-state index contributed by atoms with van der Waals surface area (Å²) in [6, 6.07) is 54.2. The SMILES string of the molecule is Cc1cc(C=Cc2ccccc2)ccc1N(C=C(c1ccccc1)c1ccccc1)c1ccc(C=Cc2ccccc2)c2c1CCCC2. The van der Waals surface area contributed by atoms with Crippen LogP contribution < -0.4 is 4.90 Å². The summed E-state index contributed by atoms with van der Waals surface area (Å²) in [4.78, 5) is 2.46. The van der Waals surface area contributed by atoms with Gasteiger partial charge in [-0.05, 0) is 101 Å². The Hall–Kier alpha value is -5.66. The molecule has 234 valence electrons. The lowest BCUT2D eigenvalue weighted by atomic mass is 9.86. The molecule has 0 amide bonds. The number of fused-ring (bicyclic) bond motifs is 1. The van der Waals surface area contributed by atoms with Crippen LogP contribution in [0.5, 0.6) is 0 Å².